The number of carbonyl (C=O) groups excluding carboxylic acids is 1. The average molecular weight is 242 g/mol. The zero-order chi connectivity index (χ0) is 13.3. The Balaban J connectivity index is 3.59. The fraction of sp³-hybridized carbons (Fsp3) is 0.933. The maximum atomic E-state index is 11.7. The summed E-state index contributed by atoms with van der Waals surface area (Å²) < 4.78 is 5.65. The second kappa shape index (κ2) is 9.64. The van der Waals surface area contributed by atoms with Gasteiger partial charge in [-0.2, -0.15) is 0 Å². The Morgan fingerprint density at radius 3 is 2.24 bits per heavy atom. The van der Waals surface area contributed by atoms with Gasteiger partial charge in [0.1, 0.15) is 5.78 Å². The van der Waals surface area contributed by atoms with Crippen LogP contribution >= 0.6 is 0 Å². The monoisotopic (exact) mass is 242 g/mol. The first-order valence-corrected chi connectivity index (χ1v) is 7.15. The molecule has 2 heteroatoms. The van der Waals surface area contributed by atoms with Gasteiger partial charge in [-0.25, -0.2) is 0 Å². The first-order valence-electron chi connectivity index (χ1n) is 7.15. The molecule has 0 aliphatic heterocycles. The zero-order valence-corrected chi connectivity index (χ0v) is 12.3. The topological polar surface area (TPSA) is 26.3 Å². The number of rotatable bonds is 10. The van der Waals surface area contributed by atoms with Crippen LogP contribution < -0.4 is 0 Å². The van der Waals surface area contributed by atoms with Crippen molar-refractivity contribution in [2.45, 2.75) is 72.8 Å². The number of hydrogen-bond donors (Lipinski definition) is 0. The third-order valence-electron chi connectivity index (χ3n) is 3.63. The summed E-state index contributed by atoms with van der Waals surface area (Å²) in [5.74, 6) is 1.24. The van der Waals surface area contributed by atoms with E-state index in [-0.39, 0.29) is 5.92 Å². The van der Waals surface area contributed by atoms with Gasteiger partial charge in [0.25, 0.3) is 0 Å². The molecule has 3 atom stereocenters. The van der Waals surface area contributed by atoms with Crippen LogP contribution in [0.2, 0.25) is 0 Å². The quantitative estimate of drug-likeness (QED) is 0.573. The van der Waals surface area contributed by atoms with Crippen LogP contribution in [0.3, 0.4) is 0 Å². The second-order valence-electron chi connectivity index (χ2n) is 5.30. The van der Waals surface area contributed by atoms with E-state index in [1.165, 1.54) is 0 Å². The van der Waals surface area contributed by atoms with E-state index in [1.54, 1.807) is 0 Å². The second-order valence-corrected chi connectivity index (χ2v) is 5.30. The van der Waals surface area contributed by atoms with E-state index in [2.05, 4.69) is 27.7 Å². The van der Waals surface area contributed by atoms with Crippen LogP contribution in [0.4, 0.5) is 0 Å². The minimum Gasteiger partial charge on any atom is -0.379 e. The van der Waals surface area contributed by atoms with Crippen LogP contribution in [-0.2, 0) is 9.53 Å². The van der Waals surface area contributed by atoms with Gasteiger partial charge >= 0.3 is 0 Å². The van der Waals surface area contributed by atoms with E-state index in [4.69, 9.17) is 4.74 Å². The molecule has 0 amide bonds. The molecular weight excluding hydrogens is 212 g/mol. The summed E-state index contributed by atoms with van der Waals surface area (Å²) in [6.45, 7) is 11.4. The smallest absolute Gasteiger partial charge is 0.135 e. The van der Waals surface area contributed by atoms with Gasteiger partial charge in [0.05, 0.1) is 6.10 Å². The summed E-state index contributed by atoms with van der Waals surface area (Å²) in [4.78, 5) is 11.7. The highest BCUT2D eigenvalue weighted by molar-refractivity contribution is 5.80. The van der Waals surface area contributed by atoms with Crippen molar-refractivity contribution in [1.29, 1.82) is 0 Å². The fourth-order valence-electron chi connectivity index (χ4n) is 1.60. The molecule has 0 aliphatic rings. The van der Waals surface area contributed by atoms with Crippen LogP contribution in [0.25, 0.3) is 0 Å². The minimum atomic E-state index is 0.235. The molecule has 0 aromatic heterocycles. The molecule has 0 bridgehead atoms. The number of carbonyl (C=O) groups is 1. The van der Waals surface area contributed by atoms with Crippen molar-refractivity contribution in [3.63, 3.8) is 0 Å². The lowest BCUT2D eigenvalue weighted by atomic mass is 9.94. The highest BCUT2D eigenvalue weighted by Gasteiger charge is 2.12. The van der Waals surface area contributed by atoms with Crippen molar-refractivity contribution in [3.05, 3.63) is 0 Å². The van der Waals surface area contributed by atoms with Crippen molar-refractivity contribution in [3.8, 4) is 0 Å². The lowest BCUT2D eigenvalue weighted by Crippen LogP contribution is -2.13. The molecule has 3 unspecified atom stereocenters. The van der Waals surface area contributed by atoms with Gasteiger partial charge in [-0.3, -0.25) is 4.79 Å². The van der Waals surface area contributed by atoms with Gasteiger partial charge in [-0.05, 0) is 38.5 Å². The molecule has 0 saturated carbocycles. The summed E-state index contributed by atoms with van der Waals surface area (Å²) in [6.07, 6.45) is 5.21. The summed E-state index contributed by atoms with van der Waals surface area (Å²) in [6, 6.07) is 0. The van der Waals surface area contributed by atoms with Gasteiger partial charge in [-0.15, -0.1) is 0 Å². The maximum absolute atomic E-state index is 11.7. The van der Waals surface area contributed by atoms with E-state index in [0.717, 1.165) is 38.7 Å². The third-order valence-corrected chi connectivity index (χ3v) is 3.63. The minimum absolute atomic E-state index is 0.235. The highest BCUT2D eigenvalue weighted by Crippen LogP contribution is 2.15. The number of ether oxygens (including phenoxy) is 1. The predicted octanol–water partition coefficient (Wildman–Crippen LogP) is 4.22. The number of Topliss-reactive ketones (excluding diaryl/α,β-unsaturated/α-hetero) is 1. The standard InChI is InChI=1S/C15H30O2/c1-6-13(4)15(16)9-8-12(3)10-11-17-14(5)7-2/h12-14H,6-11H2,1-5H3. The summed E-state index contributed by atoms with van der Waals surface area (Å²) in [5.41, 5.74) is 0. The predicted molar refractivity (Wildman–Crippen MR) is 73.2 cm³/mol. The van der Waals surface area contributed by atoms with Crippen molar-refractivity contribution >= 4 is 5.78 Å². The molecule has 0 aromatic rings. The Morgan fingerprint density at radius 1 is 1.06 bits per heavy atom. The number of ketones is 1. The lowest BCUT2D eigenvalue weighted by molar-refractivity contribution is -0.122. The number of hydrogen-bond acceptors (Lipinski definition) is 2. The first-order chi connectivity index (χ1) is 8.01. The van der Waals surface area contributed by atoms with Crippen LogP contribution in [0.15, 0.2) is 0 Å². The van der Waals surface area contributed by atoms with E-state index in [0.29, 0.717) is 17.8 Å². The molecule has 0 N–H and O–H groups in total. The molecule has 17 heavy (non-hydrogen) atoms. The largest absolute Gasteiger partial charge is 0.379 e. The van der Waals surface area contributed by atoms with Gasteiger partial charge in [0.15, 0.2) is 0 Å². The molecular formula is C15H30O2. The Labute approximate surface area is 107 Å². The van der Waals surface area contributed by atoms with Gasteiger partial charge in [0, 0.05) is 18.9 Å². The average Bonchev–Trinajstić information content (AvgIpc) is 2.34. The molecule has 0 aromatic carbocycles. The molecule has 102 valence electrons. The summed E-state index contributed by atoms with van der Waals surface area (Å²) in [7, 11) is 0. The van der Waals surface area contributed by atoms with Crippen LogP contribution in [0.1, 0.15) is 66.7 Å². The molecule has 2 nitrogen and oxygen atoms in total. The van der Waals surface area contributed by atoms with E-state index in [9.17, 15) is 4.79 Å². The zero-order valence-electron chi connectivity index (χ0n) is 12.3. The van der Waals surface area contributed by atoms with Crippen molar-refractivity contribution in [2.75, 3.05) is 6.61 Å². The van der Waals surface area contributed by atoms with E-state index < -0.39 is 0 Å². The Bertz CT molecular complexity index is 201. The van der Waals surface area contributed by atoms with Gasteiger partial charge in [-0.1, -0.05) is 27.7 Å². The molecule has 0 spiro atoms. The summed E-state index contributed by atoms with van der Waals surface area (Å²) >= 11 is 0. The molecule has 0 rings (SSSR count). The van der Waals surface area contributed by atoms with Crippen LogP contribution in [0, 0.1) is 11.8 Å². The van der Waals surface area contributed by atoms with Crippen LogP contribution in [-0.4, -0.2) is 18.5 Å². The summed E-state index contributed by atoms with van der Waals surface area (Å²) in [5, 5.41) is 0. The molecule has 0 radical (unpaired) electrons. The maximum Gasteiger partial charge on any atom is 0.135 e. The SMILES string of the molecule is CCC(C)OCCC(C)CCC(=O)C(C)CC. The lowest BCUT2D eigenvalue weighted by Gasteiger charge is -2.15. The van der Waals surface area contributed by atoms with Crippen molar-refractivity contribution < 1.29 is 9.53 Å². The van der Waals surface area contributed by atoms with Gasteiger partial charge < -0.3 is 4.74 Å². The molecule has 0 saturated heterocycles. The molecule has 0 heterocycles. The highest BCUT2D eigenvalue weighted by atomic mass is 16.5. The molecule has 0 fully saturated rings. The fourth-order valence-corrected chi connectivity index (χ4v) is 1.60. The first kappa shape index (κ1) is 16.6. The molecule has 0 aliphatic carbocycles. The van der Waals surface area contributed by atoms with Crippen molar-refractivity contribution in [1.82, 2.24) is 0 Å². The van der Waals surface area contributed by atoms with Gasteiger partial charge in [0.2, 0.25) is 0 Å². The van der Waals surface area contributed by atoms with E-state index in [1.807, 2.05) is 6.92 Å². The van der Waals surface area contributed by atoms with Crippen LogP contribution in [0.5, 0.6) is 0 Å². The Morgan fingerprint density at radius 2 is 1.71 bits per heavy atom. The van der Waals surface area contributed by atoms with Crippen molar-refractivity contribution in [2.24, 2.45) is 11.8 Å². The Hall–Kier alpha value is -0.370. The Kier molecular flexibility index (Phi) is 9.43. The normalized spacial score (nSPS) is 16.5. The third kappa shape index (κ3) is 8.37. The van der Waals surface area contributed by atoms with E-state index >= 15 is 0 Å².